The lowest BCUT2D eigenvalue weighted by Crippen LogP contribution is -2.30. The number of aromatic nitrogens is 1. The third-order valence-electron chi connectivity index (χ3n) is 3.71. The van der Waals surface area contributed by atoms with Crippen molar-refractivity contribution < 1.29 is 4.79 Å². The molecule has 2 rings (SSSR count). The molecule has 0 aliphatic rings. The predicted octanol–water partition coefficient (Wildman–Crippen LogP) is 2.89. The van der Waals surface area contributed by atoms with Gasteiger partial charge < -0.3 is 10.2 Å². The van der Waals surface area contributed by atoms with E-state index in [1.165, 1.54) is 11.1 Å². The maximum absolute atomic E-state index is 12.1. The maximum atomic E-state index is 12.1. The van der Waals surface area contributed by atoms with E-state index in [4.69, 9.17) is 0 Å². The summed E-state index contributed by atoms with van der Waals surface area (Å²) in [6, 6.07) is 12.1. The van der Waals surface area contributed by atoms with Gasteiger partial charge in [-0.3, -0.25) is 9.78 Å². The molecule has 0 saturated carbocycles. The van der Waals surface area contributed by atoms with Gasteiger partial charge in [-0.05, 0) is 42.7 Å². The van der Waals surface area contributed by atoms with Gasteiger partial charge in [-0.15, -0.1) is 0 Å². The lowest BCUT2D eigenvalue weighted by molar-refractivity contribution is -0.129. The van der Waals surface area contributed by atoms with Crippen molar-refractivity contribution >= 4 is 11.6 Å². The van der Waals surface area contributed by atoms with Crippen molar-refractivity contribution in [1.29, 1.82) is 0 Å². The normalized spacial score (nSPS) is 10.3. The number of hydrogen-bond donors (Lipinski definition) is 1. The monoisotopic (exact) mass is 297 g/mol. The maximum Gasteiger partial charge on any atom is 0.224 e. The molecule has 0 unspecified atom stereocenters. The fourth-order valence-electron chi connectivity index (χ4n) is 2.24. The van der Waals surface area contributed by atoms with Gasteiger partial charge in [0.05, 0.1) is 0 Å². The Hall–Kier alpha value is -2.36. The van der Waals surface area contributed by atoms with Gasteiger partial charge in [0.15, 0.2) is 0 Å². The van der Waals surface area contributed by atoms with E-state index in [1.54, 1.807) is 17.3 Å². The molecule has 1 aromatic heterocycles. The van der Waals surface area contributed by atoms with E-state index in [9.17, 15) is 4.79 Å². The molecule has 0 spiro atoms. The molecule has 0 bridgehead atoms. The van der Waals surface area contributed by atoms with Crippen LogP contribution in [0.1, 0.15) is 17.5 Å². The lowest BCUT2D eigenvalue weighted by atomic mass is 10.2. The van der Waals surface area contributed by atoms with Crippen LogP contribution in [0.15, 0.2) is 48.8 Å². The zero-order valence-corrected chi connectivity index (χ0v) is 13.2. The first kappa shape index (κ1) is 16.0. The van der Waals surface area contributed by atoms with E-state index in [0.717, 1.165) is 18.7 Å². The third-order valence-corrected chi connectivity index (χ3v) is 3.71. The van der Waals surface area contributed by atoms with Gasteiger partial charge in [0.25, 0.3) is 0 Å². The quantitative estimate of drug-likeness (QED) is 0.854. The number of amides is 1. The van der Waals surface area contributed by atoms with Crippen molar-refractivity contribution in [3.05, 3.63) is 59.9 Å². The van der Waals surface area contributed by atoms with Gasteiger partial charge >= 0.3 is 0 Å². The van der Waals surface area contributed by atoms with Crippen LogP contribution in [0.5, 0.6) is 0 Å². The first-order valence-electron chi connectivity index (χ1n) is 7.59. The Bertz CT molecular complexity index is 598. The van der Waals surface area contributed by atoms with Crippen LogP contribution < -0.4 is 5.32 Å². The van der Waals surface area contributed by atoms with Gasteiger partial charge in [0.2, 0.25) is 5.91 Å². The SMILES string of the molecule is Cc1ccccc1NCCC(=O)N(C)CCc1ccncc1. The van der Waals surface area contributed by atoms with E-state index >= 15 is 0 Å². The Kier molecular flexibility index (Phi) is 5.95. The highest BCUT2D eigenvalue weighted by atomic mass is 16.2. The summed E-state index contributed by atoms with van der Waals surface area (Å²) >= 11 is 0. The molecule has 0 fully saturated rings. The first-order chi connectivity index (χ1) is 10.7. The van der Waals surface area contributed by atoms with Crippen LogP contribution in [-0.4, -0.2) is 35.9 Å². The zero-order chi connectivity index (χ0) is 15.8. The van der Waals surface area contributed by atoms with Gasteiger partial charge in [-0.1, -0.05) is 18.2 Å². The van der Waals surface area contributed by atoms with Gasteiger partial charge in [0, 0.05) is 44.6 Å². The van der Waals surface area contributed by atoms with Crippen molar-refractivity contribution in [2.24, 2.45) is 0 Å². The molecule has 1 heterocycles. The molecule has 0 aliphatic carbocycles. The van der Waals surface area contributed by atoms with Crippen LogP contribution in [0.25, 0.3) is 0 Å². The molecule has 116 valence electrons. The minimum atomic E-state index is 0.162. The number of pyridine rings is 1. The second kappa shape index (κ2) is 8.17. The molecule has 1 aromatic carbocycles. The van der Waals surface area contributed by atoms with Crippen LogP contribution in [0.2, 0.25) is 0 Å². The summed E-state index contributed by atoms with van der Waals surface area (Å²) in [6.07, 6.45) is 4.92. The number of nitrogens with zero attached hydrogens (tertiary/aromatic N) is 2. The fourth-order valence-corrected chi connectivity index (χ4v) is 2.24. The number of benzene rings is 1. The standard InChI is InChI=1S/C18H23N3O/c1-15-5-3-4-6-17(15)20-13-9-18(22)21(2)14-10-16-7-11-19-12-8-16/h3-8,11-12,20H,9-10,13-14H2,1-2H3. The summed E-state index contributed by atoms with van der Waals surface area (Å²) in [5, 5.41) is 3.32. The highest BCUT2D eigenvalue weighted by Gasteiger charge is 2.08. The summed E-state index contributed by atoms with van der Waals surface area (Å²) in [7, 11) is 1.86. The van der Waals surface area contributed by atoms with Crippen LogP contribution >= 0.6 is 0 Å². The third kappa shape index (κ3) is 4.88. The molecule has 22 heavy (non-hydrogen) atoms. The highest BCUT2D eigenvalue weighted by Crippen LogP contribution is 2.12. The Morgan fingerprint density at radius 3 is 2.64 bits per heavy atom. The van der Waals surface area contributed by atoms with Crippen LogP contribution in [0.4, 0.5) is 5.69 Å². The molecule has 0 saturated heterocycles. The number of carbonyl (C=O) groups excluding carboxylic acids is 1. The summed E-state index contributed by atoms with van der Waals surface area (Å²) in [5.74, 6) is 0.162. The highest BCUT2D eigenvalue weighted by molar-refractivity contribution is 5.76. The number of anilines is 1. The molecule has 1 N–H and O–H groups in total. The molecule has 0 aliphatic heterocycles. The molecular formula is C18H23N3O. The van der Waals surface area contributed by atoms with Crippen LogP contribution in [-0.2, 0) is 11.2 Å². The molecule has 2 aromatic rings. The molecule has 1 amide bonds. The van der Waals surface area contributed by atoms with Gasteiger partial charge in [-0.2, -0.15) is 0 Å². The van der Waals surface area contributed by atoms with Crippen LogP contribution in [0.3, 0.4) is 0 Å². The number of hydrogen-bond acceptors (Lipinski definition) is 3. The summed E-state index contributed by atoms with van der Waals surface area (Å²) in [6.45, 7) is 3.45. The molecular weight excluding hydrogens is 274 g/mol. The van der Waals surface area contributed by atoms with Crippen molar-refractivity contribution in [1.82, 2.24) is 9.88 Å². The molecule has 4 nitrogen and oxygen atoms in total. The molecule has 0 atom stereocenters. The van der Waals surface area contributed by atoms with Crippen molar-refractivity contribution in [3.63, 3.8) is 0 Å². The van der Waals surface area contributed by atoms with Crippen LogP contribution in [0, 0.1) is 6.92 Å². The van der Waals surface area contributed by atoms with Crippen molar-refractivity contribution in [3.8, 4) is 0 Å². The summed E-state index contributed by atoms with van der Waals surface area (Å²) in [5.41, 5.74) is 3.49. The molecule has 0 radical (unpaired) electrons. The topological polar surface area (TPSA) is 45.2 Å². The number of rotatable bonds is 7. The number of aryl methyl sites for hydroxylation is 1. The van der Waals surface area contributed by atoms with E-state index in [2.05, 4.69) is 23.3 Å². The number of nitrogens with one attached hydrogen (secondary N) is 1. The van der Waals surface area contributed by atoms with Gasteiger partial charge in [-0.25, -0.2) is 0 Å². The Labute approximate surface area is 132 Å². The van der Waals surface area contributed by atoms with Gasteiger partial charge in [0.1, 0.15) is 0 Å². The first-order valence-corrected chi connectivity index (χ1v) is 7.59. The van der Waals surface area contributed by atoms with Crippen molar-refractivity contribution in [2.45, 2.75) is 19.8 Å². The minimum Gasteiger partial charge on any atom is -0.384 e. The van der Waals surface area contributed by atoms with E-state index in [1.807, 2.05) is 37.4 Å². The smallest absolute Gasteiger partial charge is 0.224 e. The van der Waals surface area contributed by atoms with Crippen molar-refractivity contribution in [2.75, 3.05) is 25.5 Å². The van der Waals surface area contributed by atoms with E-state index in [-0.39, 0.29) is 5.91 Å². The average molecular weight is 297 g/mol. The average Bonchev–Trinajstić information content (AvgIpc) is 2.55. The minimum absolute atomic E-state index is 0.162. The number of carbonyl (C=O) groups is 1. The zero-order valence-electron chi connectivity index (χ0n) is 13.2. The number of para-hydroxylation sites is 1. The summed E-state index contributed by atoms with van der Waals surface area (Å²) < 4.78 is 0. The largest absolute Gasteiger partial charge is 0.384 e. The predicted molar refractivity (Wildman–Crippen MR) is 89.9 cm³/mol. The van der Waals surface area contributed by atoms with E-state index < -0.39 is 0 Å². The second-order valence-electron chi connectivity index (χ2n) is 5.41. The fraction of sp³-hybridized carbons (Fsp3) is 0.333. The Morgan fingerprint density at radius 1 is 1.18 bits per heavy atom. The second-order valence-corrected chi connectivity index (χ2v) is 5.41. The molecule has 4 heteroatoms. The summed E-state index contributed by atoms with van der Waals surface area (Å²) in [4.78, 5) is 17.9. The Balaban J connectivity index is 1.71. The lowest BCUT2D eigenvalue weighted by Gasteiger charge is -2.17. The number of likely N-dealkylation sites (N-methyl/N-ethyl adjacent to an activating group) is 1. The Morgan fingerprint density at radius 2 is 1.91 bits per heavy atom. The van der Waals surface area contributed by atoms with E-state index in [0.29, 0.717) is 13.0 Å².